The van der Waals surface area contributed by atoms with Gasteiger partial charge in [-0.15, -0.1) is 24.8 Å². The minimum atomic E-state index is 0. The SMILES string of the molecule is Cl.Cl.[Ba+2].[H-].[H-].[PbH2]. The molecule has 0 atom stereocenters. The predicted molar refractivity (Wildman–Crippen MR) is 31.0 cm³/mol. The Balaban J connectivity index is 0. The first-order chi connectivity index (χ1) is 0. The fourth-order valence-corrected chi connectivity index (χ4v) is 0. The van der Waals surface area contributed by atoms with E-state index < -0.39 is 0 Å². The summed E-state index contributed by atoms with van der Waals surface area (Å²) in [5, 5.41) is 0. The monoisotopic (exact) mass is 422 g/mol. The van der Waals surface area contributed by atoms with Crippen molar-refractivity contribution in [2.45, 2.75) is 0 Å². The van der Waals surface area contributed by atoms with Crippen molar-refractivity contribution in [1.82, 2.24) is 0 Å². The van der Waals surface area contributed by atoms with Crippen LogP contribution in [0, 0.1) is 0 Å². The third-order valence-corrected chi connectivity index (χ3v) is 0. The summed E-state index contributed by atoms with van der Waals surface area (Å²) in [5.41, 5.74) is 0. The molecule has 0 N–H and O–H groups in total. The Hall–Kier alpha value is 3.07. The second-order valence-electron chi connectivity index (χ2n) is 0. The van der Waals surface area contributed by atoms with Gasteiger partial charge in [0.1, 0.15) is 0 Å². The molecule has 0 aromatic carbocycles. The van der Waals surface area contributed by atoms with Crippen molar-refractivity contribution in [3.05, 3.63) is 0 Å². The molecular formula is H6BaCl2Pb. The van der Waals surface area contributed by atoms with Crippen LogP contribution in [-0.4, -0.2) is 76.2 Å². The summed E-state index contributed by atoms with van der Waals surface area (Å²) in [7, 11) is 0. The van der Waals surface area contributed by atoms with Gasteiger partial charge in [0.15, 0.2) is 0 Å². The minimum absolute atomic E-state index is 0. The van der Waals surface area contributed by atoms with E-state index in [1.54, 1.807) is 0 Å². The van der Waals surface area contributed by atoms with Crippen molar-refractivity contribution >= 4 is 101 Å². The van der Waals surface area contributed by atoms with Crippen LogP contribution in [0.5, 0.6) is 0 Å². The van der Waals surface area contributed by atoms with Gasteiger partial charge in [-0.05, 0) is 0 Å². The summed E-state index contributed by atoms with van der Waals surface area (Å²) in [5.74, 6) is 0. The van der Waals surface area contributed by atoms with E-state index in [1.165, 1.54) is 0 Å². The third-order valence-electron chi connectivity index (χ3n) is 0. The average Bonchev–Trinajstić information content (AvgIpc) is 0. The maximum atomic E-state index is 0. The van der Waals surface area contributed by atoms with Crippen molar-refractivity contribution in [2.75, 3.05) is 0 Å². The molecule has 0 fully saturated rings. The van der Waals surface area contributed by atoms with Crippen LogP contribution in [0.15, 0.2) is 0 Å². The molecule has 0 saturated carbocycles. The Labute approximate surface area is 102 Å². The van der Waals surface area contributed by atoms with Gasteiger partial charge in [-0.2, -0.15) is 0 Å². The standard InChI is InChI=1S/Ba.2ClH.Pb.4H/h;2*1H;;;;;/q+2;;;;;;2*-1. The van der Waals surface area contributed by atoms with E-state index in [0.717, 1.165) is 0 Å². The van der Waals surface area contributed by atoms with Gasteiger partial charge in [-0.3, -0.25) is 0 Å². The first kappa shape index (κ1) is 27.6. The zero-order valence-corrected chi connectivity index (χ0v) is 13.8. The topological polar surface area (TPSA) is 0 Å². The summed E-state index contributed by atoms with van der Waals surface area (Å²) in [6.45, 7) is 0. The zero-order chi connectivity index (χ0) is 0. The molecule has 26 valence electrons. The van der Waals surface area contributed by atoms with Gasteiger partial charge in [0, 0.05) is 0 Å². The van der Waals surface area contributed by atoms with E-state index in [1.807, 2.05) is 0 Å². The molecule has 0 bridgehead atoms. The normalized spacial score (nSPS) is 0. The van der Waals surface area contributed by atoms with Gasteiger partial charge < -0.3 is 2.85 Å². The Morgan fingerprint density at radius 3 is 1.00 bits per heavy atom. The quantitative estimate of drug-likeness (QED) is 0.475. The van der Waals surface area contributed by atoms with E-state index in [9.17, 15) is 0 Å². The molecular weight excluding hydrogens is 415 g/mol. The fraction of sp³-hybridized carbons (Fsp3) is 0. The third kappa shape index (κ3) is 8.91. The molecule has 4 heavy (non-hydrogen) atoms. The van der Waals surface area contributed by atoms with Crippen molar-refractivity contribution < 1.29 is 2.85 Å². The molecule has 0 aliphatic carbocycles. The van der Waals surface area contributed by atoms with E-state index in [2.05, 4.69) is 0 Å². The molecule has 0 aliphatic heterocycles. The van der Waals surface area contributed by atoms with Crippen molar-refractivity contribution in [3.8, 4) is 0 Å². The maximum absolute atomic E-state index is 0. The van der Waals surface area contributed by atoms with Gasteiger partial charge in [-0.1, -0.05) is 0 Å². The molecule has 0 rings (SSSR count). The van der Waals surface area contributed by atoms with Crippen LogP contribution in [0.2, 0.25) is 0 Å². The summed E-state index contributed by atoms with van der Waals surface area (Å²) >= 11 is 0. The van der Waals surface area contributed by atoms with Crippen LogP contribution in [0.4, 0.5) is 0 Å². The average molecular weight is 421 g/mol. The van der Waals surface area contributed by atoms with Crippen LogP contribution in [0.25, 0.3) is 0 Å². The Morgan fingerprint density at radius 2 is 1.00 bits per heavy atom. The fourth-order valence-electron chi connectivity index (χ4n) is 0. The number of hydrogen-bond donors (Lipinski definition) is 0. The molecule has 0 aromatic rings. The Morgan fingerprint density at radius 1 is 1.00 bits per heavy atom. The van der Waals surface area contributed by atoms with Gasteiger partial charge in [0.25, 0.3) is 0 Å². The van der Waals surface area contributed by atoms with Gasteiger partial charge in [0.2, 0.25) is 0 Å². The molecule has 0 amide bonds. The van der Waals surface area contributed by atoms with Crippen molar-refractivity contribution in [2.24, 2.45) is 0 Å². The number of rotatable bonds is 0. The van der Waals surface area contributed by atoms with Crippen LogP contribution in [0.1, 0.15) is 2.85 Å². The van der Waals surface area contributed by atoms with Crippen molar-refractivity contribution in [3.63, 3.8) is 0 Å². The molecule has 0 aliphatic rings. The number of hydrogen-bond acceptors (Lipinski definition) is 0. The van der Waals surface area contributed by atoms with Crippen LogP contribution >= 0.6 is 24.8 Å². The molecule has 0 nitrogen and oxygen atoms in total. The summed E-state index contributed by atoms with van der Waals surface area (Å²) < 4.78 is 0. The van der Waals surface area contributed by atoms with E-state index in [0.29, 0.717) is 0 Å². The zero-order valence-electron chi connectivity index (χ0n) is 4.23. The van der Waals surface area contributed by atoms with E-state index >= 15 is 0 Å². The van der Waals surface area contributed by atoms with Gasteiger partial charge in [0.05, 0.1) is 0 Å². The van der Waals surface area contributed by atoms with Gasteiger partial charge >= 0.3 is 76.2 Å². The Bertz CT molecular complexity index is 11.5. The number of halogens is 2. The molecule has 0 spiro atoms. The molecule has 0 saturated heterocycles. The summed E-state index contributed by atoms with van der Waals surface area (Å²) in [4.78, 5) is 0. The molecule has 2 radical (unpaired) electrons. The van der Waals surface area contributed by atoms with Crippen molar-refractivity contribution in [1.29, 1.82) is 0 Å². The van der Waals surface area contributed by atoms with Crippen LogP contribution in [-0.2, 0) is 0 Å². The van der Waals surface area contributed by atoms with E-state index in [-0.39, 0.29) is 104 Å². The predicted octanol–water partition coefficient (Wildman–Crippen LogP) is -0.228. The van der Waals surface area contributed by atoms with E-state index in [4.69, 9.17) is 0 Å². The van der Waals surface area contributed by atoms with Gasteiger partial charge in [-0.25, -0.2) is 0 Å². The molecule has 0 heterocycles. The first-order valence-electron chi connectivity index (χ1n) is 0. The Kier molecular flexibility index (Phi) is 114. The summed E-state index contributed by atoms with van der Waals surface area (Å²) in [6, 6.07) is 0. The molecule has 4 heteroatoms. The second kappa shape index (κ2) is 16.5. The molecule has 0 aromatic heterocycles. The first-order valence-corrected chi connectivity index (χ1v) is 0. The second-order valence-corrected chi connectivity index (χ2v) is 0. The summed E-state index contributed by atoms with van der Waals surface area (Å²) in [6.07, 6.45) is 0. The molecule has 0 unspecified atom stereocenters. The van der Waals surface area contributed by atoms with Crippen LogP contribution < -0.4 is 0 Å². The van der Waals surface area contributed by atoms with Crippen LogP contribution in [0.3, 0.4) is 0 Å².